The van der Waals surface area contributed by atoms with Gasteiger partial charge in [0.05, 0.1) is 21.2 Å². The van der Waals surface area contributed by atoms with Crippen LogP contribution in [-0.4, -0.2) is 29.5 Å². The zero-order valence-electron chi connectivity index (χ0n) is 16.5. The predicted octanol–water partition coefficient (Wildman–Crippen LogP) is 4.73. The second-order valence-corrected chi connectivity index (χ2v) is 7.73. The van der Waals surface area contributed by atoms with E-state index < -0.39 is 10.9 Å². The van der Waals surface area contributed by atoms with Crippen LogP contribution in [0.4, 0.5) is 5.69 Å². The summed E-state index contributed by atoms with van der Waals surface area (Å²) in [7, 11) is 0. The fourth-order valence-electron chi connectivity index (χ4n) is 2.70. The number of cyclic esters (lactones) is 1. The third-order valence-corrected chi connectivity index (χ3v) is 4.74. The van der Waals surface area contributed by atoms with Gasteiger partial charge in [-0.1, -0.05) is 0 Å². The van der Waals surface area contributed by atoms with Gasteiger partial charge in [-0.25, -0.2) is 9.79 Å². The van der Waals surface area contributed by atoms with E-state index in [-0.39, 0.29) is 23.4 Å². The number of non-ortho nitro benzene ring substituents is 1. The number of rotatable bonds is 7. The quantitative estimate of drug-likeness (QED) is 0.171. The number of aliphatic imine (C=N–C) groups is 1. The molecule has 0 atom stereocenters. The van der Waals surface area contributed by atoms with E-state index in [1.807, 2.05) is 26.8 Å². The van der Waals surface area contributed by atoms with Crippen LogP contribution in [0.3, 0.4) is 0 Å². The molecule has 0 spiro atoms. The lowest BCUT2D eigenvalue weighted by Crippen LogP contribution is -2.09. The maximum atomic E-state index is 12.3. The maximum Gasteiger partial charge on any atom is 0.363 e. The summed E-state index contributed by atoms with van der Waals surface area (Å²) in [6, 6.07) is 9.28. The molecule has 0 aromatic heterocycles. The summed E-state index contributed by atoms with van der Waals surface area (Å²) in [6.07, 6.45) is 1.59. The largest absolute Gasteiger partial charge is 0.490 e. The van der Waals surface area contributed by atoms with Crippen molar-refractivity contribution in [3.63, 3.8) is 0 Å². The highest BCUT2D eigenvalue weighted by atomic mass is 127. The molecular weight excluding hydrogens is 503 g/mol. The molecule has 9 heteroatoms. The van der Waals surface area contributed by atoms with Crippen molar-refractivity contribution in [1.82, 2.24) is 0 Å². The smallest absolute Gasteiger partial charge is 0.363 e. The molecule has 0 N–H and O–H groups in total. The lowest BCUT2D eigenvalue weighted by atomic mass is 10.1. The van der Waals surface area contributed by atoms with Gasteiger partial charge in [-0.15, -0.1) is 0 Å². The minimum absolute atomic E-state index is 0.0133. The number of esters is 1. The first-order chi connectivity index (χ1) is 14.3. The van der Waals surface area contributed by atoms with E-state index in [0.29, 0.717) is 29.2 Å². The molecule has 0 saturated heterocycles. The van der Waals surface area contributed by atoms with Gasteiger partial charge < -0.3 is 14.2 Å². The molecule has 8 nitrogen and oxygen atoms in total. The van der Waals surface area contributed by atoms with E-state index in [2.05, 4.69) is 27.6 Å². The Morgan fingerprint density at radius 1 is 1.27 bits per heavy atom. The Morgan fingerprint density at radius 2 is 1.97 bits per heavy atom. The Labute approximate surface area is 186 Å². The molecule has 30 heavy (non-hydrogen) atoms. The first kappa shape index (κ1) is 21.8. The Kier molecular flexibility index (Phi) is 6.70. The second kappa shape index (κ2) is 9.24. The molecule has 156 valence electrons. The second-order valence-electron chi connectivity index (χ2n) is 6.57. The fourth-order valence-corrected chi connectivity index (χ4v) is 3.45. The van der Waals surface area contributed by atoms with Gasteiger partial charge >= 0.3 is 5.97 Å². The summed E-state index contributed by atoms with van der Waals surface area (Å²) >= 11 is 2.16. The Hall–Kier alpha value is -2.95. The lowest BCUT2D eigenvalue weighted by Gasteiger charge is -2.16. The molecule has 0 saturated carbocycles. The number of carbonyl (C=O) groups is 1. The molecule has 2 aromatic carbocycles. The summed E-state index contributed by atoms with van der Waals surface area (Å²) < 4.78 is 17.6. The van der Waals surface area contributed by atoms with E-state index in [0.717, 1.165) is 3.57 Å². The minimum atomic E-state index is -0.598. The van der Waals surface area contributed by atoms with Gasteiger partial charge in [0.1, 0.15) is 0 Å². The van der Waals surface area contributed by atoms with Gasteiger partial charge in [0.15, 0.2) is 17.2 Å². The number of halogens is 1. The summed E-state index contributed by atoms with van der Waals surface area (Å²) in [5, 5.41) is 10.8. The standard InChI is InChI=1S/C21H19IN2O6/c1-4-28-18-11-13(9-16(22)19(18)29-12(2)3)10-17-21(25)30-20(23-17)14-5-7-15(8-6-14)24(26)27/h5-12H,4H2,1-3H3/b17-10-. The first-order valence-corrected chi connectivity index (χ1v) is 10.3. The molecule has 0 bridgehead atoms. The molecule has 3 rings (SSSR count). The van der Waals surface area contributed by atoms with Crippen molar-refractivity contribution in [2.45, 2.75) is 26.9 Å². The molecule has 1 aliphatic heterocycles. The summed E-state index contributed by atoms with van der Waals surface area (Å²) in [6.45, 7) is 6.22. The summed E-state index contributed by atoms with van der Waals surface area (Å²) in [5.41, 5.74) is 1.25. The number of benzene rings is 2. The monoisotopic (exact) mass is 522 g/mol. The highest BCUT2D eigenvalue weighted by Gasteiger charge is 2.25. The van der Waals surface area contributed by atoms with Crippen LogP contribution in [0.15, 0.2) is 47.1 Å². The van der Waals surface area contributed by atoms with Crippen LogP contribution in [-0.2, 0) is 9.53 Å². The molecule has 0 amide bonds. The van der Waals surface area contributed by atoms with E-state index in [9.17, 15) is 14.9 Å². The third kappa shape index (κ3) is 4.96. The highest BCUT2D eigenvalue weighted by molar-refractivity contribution is 14.1. The number of hydrogen-bond donors (Lipinski definition) is 0. The van der Waals surface area contributed by atoms with E-state index >= 15 is 0 Å². The van der Waals surface area contributed by atoms with Crippen molar-refractivity contribution in [2.24, 2.45) is 4.99 Å². The summed E-state index contributed by atoms with van der Waals surface area (Å²) in [5.74, 6) is 0.731. The summed E-state index contributed by atoms with van der Waals surface area (Å²) in [4.78, 5) is 26.8. The van der Waals surface area contributed by atoms with Gasteiger partial charge in [-0.2, -0.15) is 0 Å². The maximum absolute atomic E-state index is 12.3. The number of nitrogens with zero attached hydrogens (tertiary/aromatic N) is 2. The highest BCUT2D eigenvalue weighted by Crippen LogP contribution is 2.36. The number of hydrogen-bond acceptors (Lipinski definition) is 7. The Balaban J connectivity index is 1.93. The minimum Gasteiger partial charge on any atom is -0.490 e. The molecule has 1 heterocycles. The van der Waals surface area contributed by atoms with E-state index in [4.69, 9.17) is 14.2 Å². The fraction of sp³-hybridized carbons (Fsp3) is 0.238. The number of carbonyl (C=O) groups excluding carboxylic acids is 1. The van der Waals surface area contributed by atoms with Crippen LogP contribution >= 0.6 is 22.6 Å². The van der Waals surface area contributed by atoms with Crippen molar-refractivity contribution in [3.05, 3.63) is 66.9 Å². The van der Waals surface area contributed by atoms with E-state index in [1.54, 1.807) is 12.1 Å². The zero-order chi connectivity index (χ0) is 21.8. The molecule has 2 aromatic rings. The number of nitro groups is 1. The normalized spacial score (nSPS) is 14.6. The van der Waals surface area contributed by atoms with Crippen LogP contribution in [0.1, 0.15) is 31.9 Å². The van der Waals surface area contributed by atoms with Gasteiger partial charge in [0.2, 0.25) is 5.90 Å². The van der Waals surface area contributed by atoms with Crippen molar-refractivity contribution < 1.29 is 23.9 Å². The van der Waals surface area contributed by atoms with Crippen molar-refractivity contribution in [1.29, 1.82) is 0 Å². The van der Waals surface area contributed by atoms with Gasteiger partial charge in [-0.3, -0.25) is 10.1 Å². The van der Waals surface area contributed by atoms with Crippen LogP contribution < -0.4 is 9.47 Å². The average Bonchev–Trinajstić information content (AvgIpc) is 3.05. The molecule has 0 fully saturated rings. The van der Waals surface area contributed by atoms with Crippen molar-refractivity contribution in [3.8, 4) is 11.5 Å². The van der Waals surface area contributed by atoms with Crippen molar-refractivity contribution >= 4 is 46.2 Å². The molecular formula is C21H19IN2O6. The van der Waals surface area contributed by atoms with Crippen molar-refractivity contribution in [2.75, 3.05) is 6.61 Å². The first-order valence-electron chi connectivity index (χ1n) is 9.19. The Morgan fingerprint density at radius 3 is 2.57 bits per heavy atom. The van der Waals surface area contributed by atoms with Gasteiger partial charge in [0.25, 0.3) is 5.69 Å². The lowest BCUT2D eigenvalue weighted by molar-refractivity contribution is -0.384. The number of nitro benzene ring substituents is 1. The number of ether oxygens (including phenoxy) is 3. The molecule has 0 aliphatic carbocycles. The molecule has 1 aliphatic rings. The van der Waals surface area contributed by atoms with Crippen LogP contribution in [0.25, 0.3) is 6.08 Å². The predicted molar refractivity (Wildman–Crippen MR) is 120 cm³/mol. The van der Waals surface area contributed by atoms with Gasteiger partial charge in [-0.05, 0) is 79.3 Å². The van der Waals surface area contributed by atoms with Crippen LogP contribution in [0.5, 0.6) is 11.5 Å². The average molecular weight is 522 g/mol. The SMILES string of the molecule is CCOc1cc(/C=C2\N=C(c3ccc([N+](=O)[O-])cc3)OC2=O)cc(I)c1OC(C)C. The zero-order valence-corrected chi connectivity index (χ0v) is 18.7. The topological polar surface area (TPSA) is 100 Å². The van der Waals surface area contributed by atoms with Gasteiger partial charge in [0, 0.05) is 17.7 Å². The third-order valence-electron chi connectivity index (χ3n) is 3.93. The Bertz CT molecular complexity index is 1040. The molecule has 0 unspecified atom stereocenters. The van der Waals surface area contributed by atoms with Crippen LogP contribution in [0, 0.1) is 13.7 Å². The van der Waals surface area contributed by atoms with E-state index in [1.165, 1.54) is 24.3 Å². The van der Waals surface area contributed by atoms with Crippen LogP contribution in [0.2, 0.25) is 0 Å². The molecule has 0 radical (unpaired) electrons.